The van der Waals surface area contributed by atoms with Gasteiger partial charge in [0, 0.05) is 31.9 Å². The zero-order valence-electron chi connectivity index (χ0n) is 15.8. The fraction of sp³-hybridized carbons (Fsp3) is 0.500. The van der Waals surface area contributed by atoms with Crippen LogP contribution >= 0.6 is 0 Å². The van der Waals surface area contributed by atoms with E-state index in [0.717, 1.165) is 48.8 Å². The van der Waals surface area contributed by atoms with Gasteiger partial charge in [-0.05, 0) is 55.7 Å². The van der Waals surface area contributed by atoms with E-state index in [1.54, 1.807) is 11.0 Å². The molecule has 1 fully saturated rings. The molecule has 4 rings (SSSR count). The van der Waals surface area contributed by atoms with E-state index in [9.17, 15) is 22.8 Å². The maximum atomic E-state index is 12.6. The molecule has 2 aromatic rings. The van der Waals surface area contributed by atoms with Crippen LogP contribution in [0.1, 0.15) is 46.6 Å². The van der Waals surface area contributed by atoms with Gasteiger partial charge < -0.3 is 4.90 Å². The highest BCUT2D eigenvalue weighted by molar-refractivity contribution is 5.94. The Morgan fingerprint density at radius 3 is 2.59 bits per heavy atom. The lowest BCUT2D eigenvalue weighted by Gasteiger charge is -2.32. The number of hydrogen-bond acceptors (Lipinski definition) is 4. The minimum Gasteiger partial charge on any atom is -0.339 e. The largest absolute Gasteiger partial charge is 0.433 e. The van der Waals surface area contributed by atoms with E-state index >= 15 is 0 Å². The summed E-state index contributed by atoms with van der Waals surface area (Å²) >= 11 is 0. The lowest BCUT2D eigenvalue weighted by Crippen LogP contribution is -2.40. The summed E-state index contributed by atoms with van der Waals surface area (Å²) in [4.78, 5) is 29.8. The molecule has 2 aromatic heterocycles. The number of aryl methyl sites for hydroxylation is 2. The summed E-state index contributed by atoms with van der Waals surface area (Å²) in [6.07, 6.45) is 0.734. The molecule has 29 heavy (non-hydrogen) atoms. The maximum Gasteiger partial charge on any atom is 0.433 e. The summed E-state index contributed by atoms with van der Waals surface area (Å²) in [5.41, 5.74) is 1.11. The molecule has 0 unspecified atom stereocenters. The topological polar surface area (TPSA) is 68.1 Å². The summed E-state index contributed by atoms with van der Waals surface area (Å²) in [6.45, 7) is 1.50. The quantitative estimate of drug-likeness (QED) is 0.786. The third-order valence-corrected chi connectivity index (χ3v) is 5.66. The van der Waals surface area contributed by atoms with Crippen LogP contribution in [-0.2, 0) is 25.6 Å². The number of halogens is 3. The van der Waals surface area contributed by atoms with E-state index < -0.39 is 11.9 Å². The lowest BCUT2D eigenvalue weighted by molar-refractivity contribution is -0.141. The number of hydrogen-bond donors (Lipinski definition) is 0. The van der Waals surface area contributed by atoms with Gasteiger partial charge in [0.25, 0.3) is 11.5 Å². The van der Waals surface area contributed by atoms with Gasteiger partial charge in [-0.15, -0.1) is 0 Å². The van der Waals surface area contributed by atoms with Gasteiger partial charge in [-0.3, -0.25) is 14.6 Å². The van der Waals surface area contributed by atoms with Gasteiger partial charge in [0.1, 0.15) is 5.69 Å². The molecule has 0 spiro atoms. The molecule has 9 heteroatoms. The van der Waals surface area contributed by atoms with E-state index in [1.807, 2.05) is 0 Å². The van der Waals surface area contributed by atoms with Crippen molar-refractivity contribution in [2.24, 2.45) is 5.92 Å². The fourth-order valence-corrected chi connectivity index (χ4v) is 4.00. The second kappa shape index (κ2) is 7.61. The number of rotatable bonds is 3. The molecule has 0 radical (unpaired) electrons. The molecule has 1 aliphatic carbocycles. The van der Waals surface area contributed by atoms with Gasteiger partial charge in [-0.25, -0.2) is 4.68 Å². The van der Waals surface area contributed by atoms with Crippen molar-refractivity contribution < 1.29 is 18.0 Å². The number of amides is 1. The van der Waals surface area contributed by atoms with Crippen molar-refractivity contribution >= 4 is 5.91 Å². The Morgan fingerprint density at radius 1 is 1.17 bits per heavy atom. The molecule has 0 saturated carbocycles. The average Bonchev–Trinajstić information content (AvgIpc) is 3.15. The smallest absolute Gasteiger partial charge is 0.339 e. The third kappa shape index (κ3) is 4.18. The Bertz CT molecular complexity index is 961. The first kappa shape index (κ1) is 19.6. The van der Waals surface area contributed by atoms with Gasteiger partial charge >= 0.3 is 6.18 Å². The Labute approximate surface area is 165 Å². The molecule has 0 aromatic carbocycles. The fourth-order valence-electron chi connectivity index (χ4n) is 4.00. The molecule has 0 bridgehead atoms. The van der Waals surface area contributed by atoms with E-state index in [1.165, 1.54) is 4.68 Å². The van der Waals surface area contributed by atoms with Crippen LogP contribution in [0, 0.1) is 5.92 Å². The third-order valence-electron chi connectivity index (χ3n) is 5.66. The summed E-state index contributed by atoms with van der Waals surface area (Å²) in [5, 5.41) is 4.50. The van der Waals surface area contributed by atoms with E-state index in [0.29, 0.717) is 32.5 Å². The van der Waals surface area contributed by atoms with Crippen molar-refractivity contribution in [1.29, 1.82) is 0 Å². The minimum absolute atomic E-state index is 0.0833. The average molecular weight is 406 g/mol. The lowest BCUT2D eigenvalue weighted by atomic mass is 9.96. The monoisotopic (exact) mass is 406 g/mol. The molecule has 0 N–H and O–H groups in total. The molecular weight excluding hydrogens is 385 g/mol. The number of aromatic nitrogens is 3. The molecule has 1 amide bonds. The number of alkyl halides is 3. The van der Waals surface area contributed by atoms with Crippen LogP contribution in [0.15, 0.2) is 29.2 Å². The second-order valence-electron chi connectivity index (χ2n) is 7.66. The number of nitrogens with zero attached hydrogens (tertiary/aromatic N) is 4. The summed E-state index contributed by atoms with van der Waals surface area (Å²) in [5.74, 6) is -0.0908. The molecule has 154 valence electrons. The molecule has 2 aliphatic rings. The minimum atomic E-state index is -4.52. The second-order valence-corrected chi connectivity index (χ2v) is 7.66. The summed E-state index contributed by atoms with van der Waals surface area (Å²) < 4.78 is 39.4. The maximum absolute atomic E-state index is 12.6. The normalized spacial score (nSPS) is 17.4. The van der Waals surface area contributed by atoms with Crippen LogP contribution in [0.4, 0.5) is 13.2 Å². The molecule has 3 heterocycles. The van der Waals surface area contributed by atoms with Crippen LogP contribution in [0.25, 0.3) is 0 Å². The number of carbonyl (C=O) groups is 1. The number of fused-ring (bicyclic) bond motifs is 1. The standard InChI is InChI=1S/C20H21F3N4O2/c21-20(22,23)17-5-4-15(11-24-17)19(29)26-8-6-13(7-9-26)12-27-18(28)10-14-2-1-3-16(14)25-27/h4-5,10-11,13H,1-3,6-9,12H2. The molecule has 1 saturated heterocycles. The van der Waals surface area contributed by atoms with Crippen LogP contribution in [-0.4, -0.2) is 38.7 Å². The highest BCUT2D eigenvalue weighted by atomic mass is 19.4. The van der Waals surface area contributed by atoms with E-state index in [4.69, 9.17) is 0 Å². The Morgan fingerprint density at radius 2 is 1.93 bits per heavy atom. The molecule has 1 aliphatic heterocycles. The van der Waals surface area contributed by atoms with Gasteiger partial charge in [0.15, 0.2) is 0 Å². The van der Waals surface area contributed by atoms with Crippen LogP contribution in [0.5, 0.6) is 0 Å². The number of pyridine rings is 1. The highest BCUT2D eigenvalue weighted by Crippen LogP contribution is 2.27. The Balaban J connectivity index is 1.36. The molecule has 0 atom stereocenters. The van der Waals surface area contributed by atoms with Crippen molar-refractivity contribution in [3.63, 3.8) is 0 Å². The molecule has 6 nitrogen and oxygen atoms in total. The summed E-state index contributed by atoms with van der Waals surface area (Å²) in [7, 11) is 0. The SMILES string of the molecule is O=C(c1ccc(C(F)(F)F)nc1)N1CCC(Cn2nc3c(cc2=O)CCC3)CC1. The van der Waals surface area contributed by atoms with Crippen LogP contribution in [0.2, 0.25) is 0 Å². The molecular formula is C20H21F3N4O2. The zero-order valence-corrected chi connectivity index (χ0v) is 15.8. The van der Waals surface area contributed by atoms with Crippen molar-refractivity contribution in [1.82, 2.24) is 19.7 Å². The first-order chi connectivity index (χ1) is 13.8. The summed E-state index contributed by atoms with van der Waals surface area (Å²) in [6, 6.07) is 3.68. The number of piperidine rings is 1. The van der Waals surface area contributed by atoms with Crippen LogP contribution < -0.4 is 5.56 Å². The van der Waals surface area contributed by atoms with Gasteiger partial charge in [-0.1, -0.05) is 0 Å². The Kier molecular flexibility index (Phi) is 5.14. The predicted molar refractivity (Wildman–Crippen MR) is 98.4 cm³/mol. The van der Waals surface area contributed by atoms with E-state index in [2.05, 4.69) is 10.1 Å². The van der Waals surface area contributed by atoms with E-state index in [-0.39, 0.29) is 22.9 Å². The predicted octanol–water partition coefficient (Wildman–Crippen LogP) is 2.70. The number of likely N-dealkylation sites (tertiary alicyclic amines) is 1. The zero-order chi connectivity index (χ0) is 20.6. The highest BCUT2D eigenvalue weighted by Gasteiger charge is 2.32. The Hall–Kier alpha value is -2.71. The van der Waals surface area contributed by atoms with Gasteiger partial charge in [0.05, 0.1) is 11.3 Å². The van der Waals surface area contributed by atoms with Crippen molar-refractivity contribution in [3.05, 3.63) is 57.3 Å². The first-order valence-electron chi connectivity index (χ1n) is 9.74. The van der Waals surface area contributed by atoms with Crippen molar-refractivity contribution in [2.75, 3.05) is 13.1 Å². The van der Waals surface area contributed by atoms with Crippen molar-refractivity contribution in [3.8, 4) is 0 Å². The van der Waals surface area contributed by atoms with Crippen molar-refractivity contribution in [2.45, 2.75) is 44.8 Å². The van der Waals surface area contributed by atoms with Gasteiger partial charge in [-0.2, -0.15) is 18.3 Å². The van der Waals surface area contributed by atoms with Crippen LogP contribution in [0.3, 0.4) is 0 Å². The number of carbonyl (C=O) groups excluding carboxylic acids is 1. The van der Waals surface area contributed by atoms with Gasteiger partial charge in [0.2, 0.25) is 0 Å². The first-order valence-corrected chi connectivity index (χ1v) is 9.74.